The number of ether oxygens (including phenoxy) is 1. The van der Waals surface area contributed by atoms with Crippen molar-refractivity contribution in [3.8, 4) is 11.5 Å². The van der Waals surface area contributed by atoms with Crippen LogP contribution in [0.3, 0.4) is 0 Å². The number of piperazine rings is 1. The number of hydrogen-bond acceptors (Lipinski definition) is 7. The molecule has 178 valence electrons. The number of carbonyl (C=O) groups is 2. The molecule has 1 aromatic heterocycles. The van der Waals surface area contributed by atoms with Crippen molar-refractivity contribution in [2.24, 2.45) is 5.73 Å². The Balaban J connectivity index is 1.29. The van der Waals surface area contributed by atoms with Crippen molar-refractivity contribution < 1.29 is 27.2 Å². The number of nitrogens with one attached hydrogen (secondary N) is 1. The number of amides is 2. The number of sulfonamides is 1. The van der Waals surface area contributed by atoms with Gasteiger partial charge >= 0.3 is 0 Å². The summed E-state index contributed by atoms with van der Waals surface area (Å²) < 4.78 is 37.6. The van der Waals surface area contributed by atoms with Gasteiger partial charge in [-0.3, -0.25) is 14.5 Å². The second-order valence-electron chi connectivity index (χ2n) is 7.65. The Morgan fingerprint density at radius 1 is 0.941 bits per heavy atom. The maximum absolute atomic E-state index is 12.7. The van der Waals surface area contributed by atoms with Crippen LogP contribution >= 0.6 is 0 Å². The van der Waals surface area contributed by atoms with Crippen LogP contribution in [0, 0.1) is 0 Å². The summed E-state index contributed by atoms with van der Waals surface area (Å²) in [6, 6.07) is 18.9. The Labute approximate surface area is 196 Å². The summed E-state index contributed by atoms with van der Waals surface area (Å²) in [7, 11) is -3.89. The van der Waals surface area contributed by atoms with Gasteiger partial charge < -0.3 is 20.2 Å². The number of nitrogens with two attached hydrogens (primary N) is 1. The molecular formula is C23H24N4O6S. The SMILES string of the molecule is NC(=O)c1ccc(S(=O)(=O)N2CCN(CC(=O)Nc3cccc(Oc4ccccc4)c3)CC2)o1. The lowest BCUT2D eigenvalue weighted by Gasteiger charge is -2.32. The Morgan fingerprint density at radius 2 is 1.65 bits per heavy atom. The maximum Gasteiger partial charge on any atom is 0.284 e. The van der Waals surface area contributed by atoms with Crippen molar-refractivity contribution in [2.45, 2.75) is 5.09 Å². The zero-order chi connectivity index (χ0) is 24.1. The lowest BCUT2D eigenvalue weighted by Crippen LogP contribution is -2.50. The molecule has 1 aliphatic rings. The molecule has 2 aromatic carbocycles. The third-order valence-electron chi connectivity index (χ3n) is 5.21. The fraction of sp³-hybridized carbons (Fsp3) is 0.217. The van der Waals surface area contributed by atoms with Crippen LogP contribution in [-0.2, 0) is 14.8 Å². The van der Waals surface area contributed by atoms with E-state index in [4.69, 9.17) is 14.9 Å². The molecular weight excluding hydrogens is 460 g/mol. The summed E-state index contributed by atoms with van der Waals surface area (Å²) >= 11 is 0. The summed E-state index contributed by atoms with van der Waals surface area (Å²) in [6.45, 7) is 1.22. The van der Waals surface area contributed by atoms with E-state index in [0.717, 1.165) is 0 Å². The highest BCUT2D eigenvalue weighted by atomic mass is 32.2. The van der Waals surface area contributed by atoms with E-state index in [1.165, 1.54) is 16.4 Å². The molecule has 11 heteroatoms. The first-order valence-corrected chi connectivity index (χ1v) is 12.0. The summed E-state index contributed by atoms with van der Waals surface area (Å²) in [4.78, 5) is 25.6. The lowest BCUT2D eigenvalue weighted by molar-refractivity contribution is -0.117. The fourth-order valence-corrected chi connectivity index (χ4v) is 4.85. The number of anilines is 1. The van der Waals surface area contributed by atoms with Crippen LogP contribution in [0.15, 0.2) is 76.2 Å². The maximum atomic E-state index is 12.7. The number of para-hydroxylation sites is 1. The van der Waals surface area contributed by atoms with Gasteiger partial charge in [0, 0.05) is 37.9 Å². The van der Waals surface area contributed by atoms with Crippen LogP contribution in [0.25, 0.3) is 0 Å². The second-order valence-corrected chi connectivity index (χ2v) is 9.52. The summed E-state index contributed by atoms with van der Waals surface area (Å²) in [6.07, 6.45) is 0. The molecule has 0 radical (unpaired) electrons. The first-order chi connectivity index (χ1) is 16.3. The molecule has 1 saturated heterocycles. The smallest absolute Gasteiger partial charge is 0.284 e. The van der Waals surface area contributed by atoms with E-state index in [0.29, 0.717) is 30.3 Å². The van der Waals surface area contributed by atoms with Gasteiger partial charge in [-0.25, -0.2) is 8.42 Å². The van der Waals surface area contributed by atoms with Crippen molar-refractivity contribution in [1.29, 1.82) is 0 Å². The van der Waals surface area contributed by atoms with Gasteiger partial charge in [0.15, 0.2) is 5.76 Å². The Hall–Kier alpha value is -3.67. The molecule has 10 nitrogen and oxygen atoms in total. The highest BCUT2D eigenvalue weighted by molar-refractivity contribution is 7.89. The quantitative estimate of drug-likeness (QED) is 0.500. The molecule has 0 bridgehead atoms. The average molecular weight is 485 g/mol. The van der Waals surface area contributed by atoms with E-state index < -0.39 is 15.9 Å². The third-order valence-corrected chi connectivity index (χ3v) is 6.99. The summed E-state index contributed by atoms with van der Waals surface area (Å²) in [5, 5.41) is 2.52. The molecule has 2 amide bonds. The van der Waals surface area contributed by atoms with Crippen LogP contribution in [0.2, 0.25) is 0 Å². The number of carbonyl (C=O) groups excluding carboxylic acids is 2. The highest BCUT2D eigenvalue weighted by Crippen LogP contribution is 2.24. The molecule has 3 aromatic rings. The van der Waals surface area contributed by atoms with Gasteiger partial charge in [-0.1, -0.05) is 24.3 Å². The van der Waals surface area contributed by atoms with E-state index >= 15 is 0 Å². The highest BCUT2D eigenvalue weighted by Gasteiger charge is 2.31. The van der Waals surface area contributed by atoms with Crippen molar-refractivity contribution >= 4 is 27.5 Å². The third kappa shape index (κ3) is 5.63. The Morgan fingerprint density at radius 3 is 2.32 bits per heavy atom. The number of hydrogen-bond donors (Lipinski definition) is 2. The average Bonchev–Trinajstić information content (AvgIpc) is 3.32. The molecule has 3 N–H and O–H groups in total. The van der Waals surface area contributed by atoms with Gasteiger partial charge in [-0.15, -0.1) is 0 Å². The standard InChI is InChI=1S/C23H24N4O6S/c24-23(29)20-9-10-22(33-20)34(30,31)27-13-11-26(12-14-27)16-21(28)25-17-5-4-8-19(15-17)32-18-6-2-1-3-7-18/h1-10,15H,11-14,16H2,(H2,24,29)(H,25,28). The number of benzene rings is 2. The van der Waals surface area contributed by atoms with Crippen molar-refractivity contribution in [1.82, 2.24) is 9.21 Å². The van der Waals surface area contributed by atoms with E-state index in [9.17, 15) is 18.0 Å². The van der Waals surface area contributed by atoms with Gasteiger partial charge in [0.1, 0.15) is 11.5 Å². The molecule has 34 heavy (non-hydrogen) atoms. The molecule has 1 aliphatic heterocycles. The number of primary amides is 1. The minimum absolute atomic E-state index is 0.115. The summed E-state index contributed by atoms with van der Waals surface area (Å²) in [5.74, 6) is 0.0197. The summed E-state index contributed by atoms with van der Waals surface area (Å²) in [5.41, 5.74) is 5.72. The van der Waals surface area contributed by atoms with Gasteiger partial charge in [0.2, 0.25) is 11.0 Å². The van der Waals surface area contributed by atoms with E-state index in [1.54, 1.807) is 24.3 Å². The molecule has 0 spiro atoms. The van der Waals surface area contributed by atoms with Crippen LogP contribution in [0.1, 0.15) is 10.6 Å². The fourth-order valence-electron chi connectivity index (χ4n) is 3.51. The number of nitrogens with zero attached hydrogens (tertiary/aromatic N) is 2. The van der Waals surface area contributed by atoms with Crippen LogP contribution in [-0.4, -0.2) is 62.2 Å². The largest absolute Gasteiger partial charge is 0.457 e. The van der Waals surface area contributed by atoms with E-state index in [2.05, 4.69) is 5.32 Å². The molecule has 4 rings (SSSR count). The zero-order valence-electron chi connectivity index (χ0n) is 18.2. The molecule has 0 unspecified atom stereocenters. The molecule has 0 atom stereocenters. The predicted octanol–water partition coefficient (Wildman–Crippen LogP) is 2.12. The van der Waals surface area contributed by atoms with Gasteiger partial charge in [-0.2, -0.15) is 4.31 Å². The van der Waals surface area contributed by atoms with E-state index in [1.807, 2.05) is 35.2 Å². The minimum atomic E-state index is -3.89. The Bertz CT molecular complexity index is 1270. The Kier molecular flexibility index (Phi) is 6.96. The van der Waals surface area contributed by atoms with Crippen molar-refractivity contribution in [3.05, 3.63) is 72.5 Å². The molecule has 0 saturated carbocycles. The zero-order valence-corrected chi connectivity index (χ0v) is 19.0. The number of furan rings is 1. The van der Waals surface area contributed by atoms with Crippen molar-refractivity contribution in [2.75, 3.05) is 38.0 Å². The van der Waals surface area contributed by atoms with Gasteiger partial charge in [0.25, 0.3) is 15.9 Å². The topological polar surface area (TPSA) is 135 Å². The monoisotopic (exact) mass is 484 g/mol. The van der Waals surface area contributed by atoms with Crippen LogP contribution in [0.4, 0.5) is 5.69 Å². The van der Waals surface area contributed by atoms with Gasteiger partial charge in [-0.05, 0) is 36.4 Å². The molecule has 2 heterocycles. The van der Waals surface area contributed by atoms with Crippen LogP contribution < -0.4 is 15.8 Å². The lowest BCUT2D eigenvalue weighted by atomic mass is 10.3. The van der Waals surface area contributed by atoms with Crippen molar-refractivity contribution in [3.63, 3.8) is 0 Å². The second kappa shape index (κ2) is 10.1. The first kappa shape index (κ1) is 23.5. The number of rotatable bonds is 8. The normalized spacial score (nSPS) is 15.1. The van der Waals surface area contributed by atoms with E-state index in [-0.39, 0.29) is 36.4 Å². The van der Waals surface area contributed by atoms with Gasteiger partial charge in [0.05, 0.1) is 6.54 Å². The predicted molar refractivity (Wildman–Crippen MR) is 124 cm³/mol. The minimum Gasteiger partial charge on any atom is -0.457 e. The van der Waals surface area contributed by atoms with Crippen LogP contribution in [0.5, 0.6) is 11.5 Å². The molecule has 1 fully saturated rings. The molecule has 0 aliphatic carbocycles. The first-order valence-electron chi connectivity index (χ1n) is 10.6.